The van der Waals surface area contributed by atoms with Crippen LogP contribution < -0.4 is 5.73 Å². The average Bonchev–Trinajstić information content (AvgIpc) is 2.37. The number of nitrogens with two attached hydrogens (primary N) is 1. The lowest BCUT2D eigenvalue weighted by atomic mass is 10.0. The van der Waals surface area contributed by atoms with E-state index in [1.165, 1.54) is 5.57 Å². The van der Waals surface area contributed by atoms with Crippen molar-refractivity contribution in [1.82, 2.24) is 14.9 Å². The van der Waals surface area contributed by atoms with E-state index in [0.717, 1.165) is 5.56 Å². The van der Waals surface area contributed by atoms with Crippen molar-refractivity contribution in [3.05, 3.63) is 41.5 Å². The van der Waals surface area contributed by atoms with Crippen LogP contribution in [0.2, 0.25) is 0 Å². The quantitative estimate of drug-likeness (QED) is 0.855. The molecular formula is C14H20N4O. The van der Waals surface area contributed by atoms with E-state index in [1.54, 1.807) is 6.20 Å². The first-order valence-corrected chi connectivity index (χ1v) is 6.43. The number of hydrogen-bond donors (Lipinski definition) is 2. The third kappa shape index (κ3) is 3.12. The topological polar surface area (TPSA) is 75.3 Å². The lowest BCUT2D eigenvalue weighted by Gasteiger charge is -2.32. The van der Waals surface area contributed by atoms with E-state index in [-0.39, 0.29) is 12.6 Å². The molecule has 1 aromatic heterocycles. The second-order valence-corrected chi connectivity index (χ2v) is 4.73. The van der Waals surface area contributed by atoms with Gasteiger partial charge in [0, 0.05) is 31.0 Å². The van der Waals surface area contributed by atoms with E-state index in [9.17, 15) is 0 Å². The van der Waals surface area contributed by atoms with Gasteiger partial charge in [0.05, 0.1) is 0 Å². The fourth-order valence-corrected chi connectivity index (χ4v) is 2.20. The van der Waals surface area contributed by atoms with Crippen molar-refractivity contribution in [2.45, 2.75) is 32.9 Å². The zero-order valence-electron chi connectivity index (χ0n) is 11.4. The summed E-state index contributed by atoms with van der Waals surface area (Å²) in [6, 6.07) is 0.248. The summed E-state index contributed by atoms with van der Waals surface area (Å²) in [6.07, 6.45) is 8.57. The Morgan fingerprint density at radius 1 is 1.47 bits per heavy atom. The van der Waals surface area contributed by atoms with E-state index in [1.807, 2.05) is 19.2 Å². The predicted molar refractivity (Wildman–Crippen MR) is 75.1 cm³/mol. The van der Waals surface area contributed by atoms with Crippen LogP contribution in [0.25, 0.3) is 0 Å². The molecule has 0 bridgehead atoms. The Bertz CT molecular complexity index is 510. The molecule has 0 fully saturated rings. The summed E-state index contributed by atoms with van der Waals surface area (Å²) >= 11 is 0. The van der Waals surface area contributed by atoms with Gasteiger partial charge in [0.2, 0.25) is 0 Å². The van der Waals surface area contributed by atoms with Crippen molar-refractivity contribution in [2.24, 2.45) is 0 Å². The number of rotatable bonds is 4. The SMILES string of the molecule is Cc1ncc(CN2C=CC=C(CCO)C2C)c(N)n1. The molecule has 2 rings (SSSR count). The normalized spacial score (nSPS) is 18.6. The minimum atomic E-state index is 0.174. The first-order valence-electron chi connectivity index (χ1n) is 6.43. The van der Waals surface area contributed by atoms with Crippen LogP contribution in [0.1, 0.15) is 24.7 Å². The standard InChI is InChI=1S/C14H20N4O/c1-10-12(5-7-19)4-3-6-18(10)9-13-8-16-11(2)17-14(13)15/h3-4,6,8,10,19H,5,7,9H2,1-2H3,(H2,15,16,17). The van der Waals surface area contributed by atoms with Gasteiger partial charge in [0.15, 0.2) is 0 Å². The molecule has 1 unspecified atom stereocenters. The van der Waals surface area contributed by atoms with Crippen LogP contribution in [0.3, 0.4) is 0 Å². The fourth-order valence-electron chi connectivity index (χ4n) is 2.20. The maximum atomic E-state index is 9.06. The predicted octanol–water partition coefficient (Wildman–Crippen LogP) is 1.39. The molecule has 102 valence electrons. The Hall–Kier alpha value is -1.88. The third-order valence-electron chi connectivity index (χ3n) is 3.39. The number of nitrogens with zero attached hydrogens (tertiary/aromatic N) is 3. The summed E-state index contributed by atoms with van der Waals surface area (Å²) in [5, 5.41) is 9.06. The van der Waals surface area contributed by atoms with Crippen molar-refractivity contribution in [1.29, 1.82) is 0 Å². The third-order valence-corrected chi connectivity index (χ3v) is 3.39. The molecule has 1 aromatic rings. The van der Waals surface area contributed by atoms with E-state index in [4.69, 9.17) is 10.8 Å². The van der Waals surface area contributed by atoms with E-state index < -0.39 is 0 Å². The molecule has 1 atom stereocenters. The number of aromatic nitrogens is 2. The zero-order valence-corrected chi connectivity index (χ0v) is 11.4. The largest absolute Gasteiger partial charge is 0.396 e. The zero-order chi connectivity index (χ0) is 13.8. The summed E-state index contributed by atoms with van der Waals surface area (Å²) in [6.45, 7) is 4.79. The number of allylic oxidation sites excluding steroid dienone is 2. The highest BCUT2D eigenvalue weighted by atomic mass is 16.3. The highest BCUT2D eigenvalue weighted by Crippen LogP contribution is 2.22. The molecular weight excluding hydrogens is 240 g/mol. The first kappa shape index (κ1) is 13.5. The Labute approximate surface area is 113 Å². The van der Waals surface area contributed by atoms with Gasteiger partial charge < -0.3 is 15.7 Å². The van der Waals surface area contributed by atoms with Crippen LogP contribution in [-0.4, -0.2) is 32.6 Å². The number of nitrogen functional groups attached to an aromatic ring is 1. The number of anilines is 1. The summed E-state index contributed by atoms with van der Waals surface area (Å²) in [5.41, 5.74) is 8.06. The molecule has 5 nitrogen and oxygen atoms in total. The molecule has 2 heterocycles. The molecule has 1 aliphatic rings. The maximum Gasteiger partial charge on any atom is 0.132 e. The number of aliphatic hydroxyl groups is 1. The van der Waals surface area contributed by atoms with Crippen LogP contribution in [0, 0.1) is 6.92 Å². The lowest BCUT2D eigenvalue weighted by molar-refractivity contribution is 0.270. The van der Waals surface area contributed by atoms with E-state index >= 15 is 0 Å². The highest BCUT2D eigenvalue weighted by Gasteiger charge is 2.18. The molecule has 0 spiro atoms. The molecule has 0 radical (unpaired) electrons. The summed E-state index contributed by atoms with van der Waals surface area (Å²) in [7, 11) is 0. The van der Waals surface area contributed by atoms with Crippen LogP contribution in [0.5, 0.6) is 0 Å². The van der Waals surface area contributed by atoms with Gasteiger partial charge in [-0.25, -0.2) is 9.97 Å². The number of aryl methyl sites for hydroxylation is 1. The minimum Gasteiger partial charge on any atom is -0.396 e. The molecule has 0 amide bonds. The van der Waals surface area contributed by atoms with Crippen molar-refractivity contribution < 1.29 is 5.11 Å². The average molecular weight is 260 g/mol. The lowest BCUT2D eigenvalue weighted by Crippen LogP contribution is -2.32. The first-order chi connectivity index (χ1) is 9.11. The van der Waals surface area contributed by atoms with Crippen LogP contribution in [0.15, 0.2) is 30.1 Å². The van der Waals surface area contributed by atoms with Crippen LogP contribution in [-0.2, 0) is 6.54 Å². The minimum absolute atomic E-state index is 0.174. The number of aliphatic hydroxyl groups excluding tert-OH is 1. The van der Waals surface area contributed by atoms with Gasteiger partial charge in [-0.1, -0.05) is 6.08 Å². The van der Waals surface area contributed by atoms with E-state index in [0.29, 0.717) is 24.6 Å². The molecule has 0 saturated carbocycles. The second kappa shape index (κ2) is 5.84. The van der Waals surface area contributed by atoms with Gasteiger partial charge in [0.1, 0.15) is 11.6 Å². The Kier molecular flexibility index (Phi) is 4.16. The fraction of sp³-hybridized carbons (Fsp3) is 0.429. The van der Waals surface area contributed by atoms with Gasteiger partial charge in [-0.15, -0.1) is 0 Å². The van der Waals surface area contributed by atoms with Gasteiger partial charge in [-0.05, 0) is 38.1 Å². The van der Waals surface area contributed by atoms with E-state index in [2.05, 4.69) is 27.9 Å². The molecule has 0 aromatic carbocycles. The summed E-state index contributed by atoms with van der Waals surface area (Å²) < 4.78 is 0. The highest BCUT2D eigenvalue weighted by molar-refractivity contribution is 5.38. The molecule has 0 saturated heterocycles. The van der Waals surface area contributed by atoms with Gasteiger partial charge in [-0.3, -0.25) is 0 Å². The Morgan fingerprint density at radius 3 is 2.95 bits per heavy atom. The maximum absolute atomic E-state index is 9.06. The van der Waals surface area contributed by atoms with Crippen molar-refractivity contribution in [3.63, 3.8) is 0 Å². The molecule has 1 aliphatic heterocycles. The van der Waals surface area contributed by atoms with Gasteiger partial charge >= 0.3 is 0 Å². The summed E-state index contributed by atoms with van der Waals surface area (Å²) in [5.74, 6) is 1.22. The molecule has 0 aliphatic carbocycles. The smallest absolute Gasteiger partial charge is 0.132 e. The molecule has 5 heteroatoms. The Balaban J connectivity index is 2.11. The monoisotopic (exact) mass is 260 g/mol. The molecule has 19 heavy (non-hydrogen) atoms. The Morgan fingerprint density at radius 2 is 2.26 bits per heavy atom. The second-order valence-electron chi connectivity index (χ2n) is 4.73. The van der Waals surface area contributed by atoms with Gasteiger partial charge in [-0.2, -0.15) is 0 Å². The number of hydrogen-bond acceptors (Lipinski definition) is 5. The van der Waals surface area contributed by atoms with Gasteiger partial charge in [0.25, 0.3) is 0 Å². The van der Waals surface area contributed by atoms with Crippen molar-refractivity contribution in [3.8, 4) is 0 Å². The van der Waals surface area contributed by atoms with Crippen LogP contribution in [0.4, 0.5) is 5.82 Å². The van der Waals surface area contributed by atoms with Crippen molar-refractivity contribution in [2.75, 3.05) is 12.3 Å². The van der Waals surface area contributed by atoms with Crippen LogP contribution >= 0.6 is 0 Å². The molecule has 3 N–H and O–H groups in total. The van der Waals surface area contributed by atoms with Crippen molar-refractivity contribution >= 4 is 5.82 Å². The summed E-state index contributed by atoms with van der Waals surface area (Å²) in [4.78, 5) is 10.5.